The zero-order valence-electron chi connectivity index (χ0n) is 8.21. The van der Waals surface area contributed by atoms with Gasteiger partial charge in [0, 0.05) is 12.1 Å². The van der Waals surface area contributed by atoms with Crippen LogP contribution in [0.5, 0.6) is 0 Å². The van der Waals surface area contributed by atoms with E-state index in [2.05, 4.69) is 5.32 Å². The number of fused-ring (bicyclic) bond motifs is 1. The van der Waals surface area contributed by atoms with E-state index in [9.17, 15) is 0 Å². The minimum absolute atomic E-state index is 0.517. The van der Waals surface area contributed by atoms with Gasteiger partial charge in [-0.3, -0.25) is 0 Å². The first kappa shape index (κ1) is 8.25. The molecule has 74 valence electrons. The standard InChI is InChI=1S/C11H20N2/c12-10-1-7(2-10)6-13-11-4-8-3-9(8)5-11/h7-11,13H,1-6,12H2. The molecule has 0 amide bonds. The number of nitrogens with two attached hydrogens (primary N) is 1. The minimum Gasteiger partial charge on any atom is -0.328 e. The highest BCUT2D eigenvalue weighted by Gasteiger charge is 2.45. The Morgan fingerprint density at radius 2 is 1.69 bits per heavy atom. The summed E-state index contributed by atoms with van der Waals surface area (Å²) in [6, 6.07) is 1.38. The molecule has 0 heterocycles. The molecule has 2 heteroatoms. The van der Waals surface area contributed by atoms with Crippen molar-refractivity contribution in [3.8, 4) is 0 Å². The van der Waals surface area contributed by atoms with Crippen LogP contribution in [0.1, 0.15) is 32.1 Å². The highest BCUT2D eigenvalue weighted by Crippen LogP contribution is 2.51. The van der Waals surface area contributed by atoms with Crippen LogP contribution in [0.15, 0.2) is 0 Å². The van der Waals surface area contributed by atoms with Crippen molar-refractivity contribution in [3.63, 3.8) is 0 Å². The van der Waals surface area contributed by atoms with Crippen LogP contribution >= 0.6 is 0 Å². The Bertz CT molecular complexity index is 188. The lowest BCUT2D eigenvalue weighted by Gasteiger charge is -2.33. The third-order valence-corrected chi connectivity index (χ3v) is 4.21. The number of hydrogen-bond donors (Lipinski definition) is 2. The zero-order valence-corrected chi connectivity index (χ0v) is 8.21. The van der Waals surface area contributed by atoms with Gasteiger partial charge in [0.25, 0.3) is 0 Å². The van der Waals surface area contributed by atoms with Crippen LogP contribution < -0.4 is 11.1 Å². The van der Waals surface area contributed by atoms with Gasteiger partial charge in [0.15, 0.2) is 0 Å². The van der Waals surface area contributed by atoms with Gasteiger partial charge in [-0.05, 0) is 56.4 Å². The Labute approximate surface area is 80.3 Å². The summed E-state index contributed by atoms with van der Waals surface area (Å²) >= 11 is 0. The van der Waals surface area contributed by atoms with Gasteiger partial charge in [-0.25, -0.2) is 0 Å². The minimum atomic E-state index is 0.517. The number of hydrogen-bond acceptors (Lipinski definition) is 2. The zero-order chi connectivity index (χ0) is 8.84. The Kier molecular flexibility index (Phi) is 1.88. The molecule has 3 aliphatic carbocycles. The predicted octanol–water partition coefficient (Wildman–Crippen LogP) is 1.11. The molecule has 2 nitrogen and oxygen atoms in total. The molecule has 13 heavy (non-hydrogen) atoms. The summed E-state index contributed by atoms with van der Waals surface area (Å²) in [6.45, 7) is 1.23. The molecule has 3 fully saturated rings. The van der Waals surface area contributed by atoms with Crippen molar-refractivity contribution in [1.29, 1.82) is 0 Å². The van der Waals surface area contributed by atoms with Gasteiger partial charge in [0.05, 0.1) is 0 Å². The third kappa shape index (κ3) is 1.62. The van der Waals surface area contributed by atoms with E-state index in [1.54, 1.807) is 0 Å². The third-order valence-electron chi connectivity index (χ3n) is 4.21. The quantitative estimate of drug-likeness (QED) is 0.683. The maximum absolute atomic E-state index is 5.75. The van der Waals surface area contributed by atoms with Crippen LogP contribution in [0.4, 0.5) is 0 Å². The van der Waals surface area contributed by atoms with Crippen molar-refractivity contribution in [2.75, 3.05) is 6.54 Å². The van der Waals surface area contributed by atoms with Gasteiger partial charge < -0.3 is 11.1 Å². The van der Waals surface area contributed by atoms with Crippen molar-refractivity contribution in [3.05, 3.63) is 0 Å². The summed E-state index contributed by atoms with van der Waals surface area (Å²) in [5, 5.41) is 3.71. The molecule has 3 rings (SSSR count). The normalized spacial score (nSPS) is 52.8. The summed E-state index contributed by atoms with van der Waals surface area (Å²) < 4.78 is 0. The molecule has 0 aliphatic heterocycles. The van der Waals surface area contributed by atoms with Crippen LogP contribution in [-0.4, -0.2) is 18.6 Å². The summed E-state index contributed by atoms with van der Waals surface area (Å²) in [5.41, 5.74) is 5.75. The van der Waals surface area contributed by atoms with Crippen molar-refractivity contribution in [2.45, 2.75) is 44.2 Å². The molecule has 3 N–H and O–H groups in total. The predicted molar refractivity (Wildman–Crippen MR) is 53.3 cm³/mol. The molecular weight excluding hydrogens is 160 g/mol. The van der Waals surface area contributed by atoms with Crippen molar-refractivity contribution in [1.82, 2.24) is 5.32 Å². The second-order valence-corrected chi connectivity index (χ2v) is 5.43. The average Bonchev–Trinajstić information content (AvgIpc) is 2.66. The summed E-state index contributed by atoms with van der Waals surface area (Å²) in [4.78, 5) is 0. The molecule has 0 saturated heterocycles. The Morgan fingerprint density at radius 3 is 2.31 bits per heavy atom. The second kappa shape index (κ2) is 2.96. The molecule has 0 bridgehead atoms. The monoisotopic (exact) mass is 180 g/mol. The molecule has 0 aromatic rings. The molecule has 0 radical (unpaired) electrons. The van der Waals surface area contributed by atoms with Gasteiger partial charge >= 0.3 is 0 Å². The number of nitrogens with one attached hydrogen (secondary N) is 1. The van der Waals surface area contributed by atoms with Crippen LogP contribution in [-0.2, 0) is 0 Å². The van der Waals surface area contributed by atoms with Crippen LogP contribution in [0, 0.1) is 17.8 Å². The molecular formula is C11H20N2. The lowest BCUT2D eigenvalue weighted by atomic mass is 9.81. The van der Waals surface area contributed by atoms with E-state index in [0.717, 1.165) is 23.8 Å². The van der Waals surface area contributed by atoms with Crippen LogP contribution in [0.2, 0.25) is 0 Å². The molecule has 0 spiro atoms. The van der Waals surface area contributed by atoms with E-state index >= 15 is 0 Å². The van der Waals surface area contributed by atoms with Crippen molar-refractivity contribution < 1.29 is 0 Å². The van der Waals surface area contributed by atoms with Crippen LogP contribution in [0.25, 0.3) is 0 Å². The van der Waals surface area contributed by atoms with Crippen molar-refractivity contribution in [2.24, 2.45) is 23.5 Å². The Hall–Kier alpha value is -0.0800. The largest absolute Gasteiger partial charge is 0.328 e. The first-order chi connectivity index (χ1) is 6.31. The topological polar surface area (TPSA) is 38.0 Å². The molecule has 2 unspecified atom stereocenters. The van der Waals surface area contributed by atoms with E-state index in [0.29, 0.717) is 6.04 Å². The lowest BCUT2D eigenvalue weighted by Crippen LogP contribution is -2.43. The van der Waals surface area contributed by atoms with Gasteiger partial charge in [0.1, 0.15) is 0 Å². The fourth-order valence-corrected chi connectivity index (χ4v) is 3.17. The maximum Gasteiger partial charge on any atom is 0.00726 e. The first-order valence-electron chi connectivity index (χ1n) is 5.80. The molecule has 0 aromatic heterocycles. The Balaban J connectivity index is 1.35. The van der Waals surface area contributed by atoms with Gasteiger partial charge in [0.2, 0.25) is 0 Å². The lowest BCUT2D eigenvalue weighted by molar-refractivity contribution is 0.245. The second-order valence-electron chi connectivity index (χ2n) is 5.43. The molecule has 2 atom stereocenters. The van der Waals surface area contributed by atoms with E-state index in [1.807, 2.05) is 0 Å². The summed E-state index contributed by atoms with van der Waals surface area (Å²) in [7, 11) is 0. The maximum atomic E-state index is 5.75. The van der Waals surface area contributed by atoms with Crippen LogP contribution in [0.3, 0.4) is 0 Å². The highest BCUT2D eigenvalue weighted by atomic mass is 14.9. The SMILES string of the molecule is NC1CC(CNC2CC3CC3C2)C1. The summed E-state index contributed by atoms with van der Waals surface area (Å²) in [6.07, 6.45) is 6.97. The van der Waals surface area contributed by atoms with Gasteiger partial charge in [-0.1, -0.05) is 0 Å². The molecule has 0 aromatic carbocycles. The van der Waals surface area contributed by atoms with E-state index in [1.165, 1.54) is 38.6 Å². The Morgan fingerprint density at radius 1 is 1.00 bits per heavy atom. The first-order valence-corrected chi connectivity index (χ1v) is 5.80. The fourth-order valence-electron chi connectivity index (χ4n) is 3.17. The average molecular weight is 180 g/mol. The van der Waals surface area contributed by atoms with Gasteiger partial charge in [-0.15, -0.1) is 0 Å². The molecule has 3 aliphatic rings. The van der Waals surface area contributed by atoms with Crippen molar-refractivity contribution >= 4 is 0 Å². The fraction of sp³-hybridized carbons (Fsp3) is 1.00. The van der Waals surface area contributed by atoms with E-state index < -0.39 is 0 Å². The number of rotatable bonds is 3. The van der Waals surface area contributed by atoms with Gasteiger partial charge in [-0.2, -0.15) is 0 Å². The van der Waals surface area contributed by atoms with E-state index in [4.69, 9.17) is 5.73 Å². The smallest absolute Gasteiger partial charge is 0.00726 e. The highest BCUT2D eigenvalue weighted by molar-refractivity contribution is 4.99. The van der Waals surface area contributed by atoms with E-state index in [-0.39, 0.29) is 0 Å². The molecule has 3 saturated carbocycles. The summed E-state index contributed by atoms with van der Waals surface area (Å²) in [5.74, 6) is 3.12.